The van der Waals surface area contributed by atoms with Gasteiger partial charge in [-0.3, -0.25) is 4.79 Å². The van der Waals surface area contributed by atoms with Gasteiger partial charge in [-0.05, 0) is 67.7 Å². The fourth-order valence-corrected chi connectivity index (χ4v) is 4.79. The molecule has 4 rings (SSSR count). The fraction of sp³-hybridized carbons (Fsp3) is 0.591. The number of nitrogens with zero attached hydrogens (tertiary/aromatic N) is 1. The molecule has 0 saturated heterocycles. The van der Waals surface area contributed by atoms with Crippen LogP contribution < -0.4 is 5.73 Å². The summed E-state index contributed by atoms with van der Waals surface area (Å²) in [6.07, 6.45) is 8.21. The number of carbonyl (C=O) groups excluding carboxylic acids is 1. The molecule has 1 aromatic rings. The molecule has 0 bridgehead atoms. The molecule has 4 nitrogen and oxygen atoms in total. The van der Waals surface area contributed by atoms with Gasteiger partial charge >= 0.3 is 0 Å². The third-order valence-electron chi connectivity index (χ3n) is 6.36. The van der Waals surface area contributed by atoms with Gasteiger partial charge in [0, 0.05) is 18.8 Å². The van der Waals surface area contributed by atoms with E-state index in [9.17, 15) is 4.79 Å². The van der Waals surface area contributed by atoms with Crippen LogP contribution in [-0.4, -0.2) is 17.4 Å². The highest BCUT2D eigenvalue weighted by atomic mass is 16.5. The number of anilines is 1. The highest BCUT2D eigenvalue weighted by Crippen LogP contribution is 2.36. The number of amides is 1. The number of fused-ring (bicyclic) bond motifs is 1. The first kappa shape index (κ1) is 17.4. The largest absolute Gasteiger partial charge is 0.497 e. The fourth-order valence-electron chi connectivity index (χ4n) is 4.79. The Morgan fingerprint density at radius 2 is 2.00 bits per heavy atom. The number of hydrogen-bond donors (Lipinski definition) is 1. The molecule has 0 spiro atoms. The summed E-state index contributed by atoms with van der Waals surface area (Å²) in [6, 6.07) is 5.98. The summed E-state index contributed by atoms with van der Waals surface area (Å²) in [5.41, 5.74) is 10.5. The minimum atomic E-state index is -0.110. The van der Waals surface area contributed by atoms with E-state index >= 15 is 0 Å². The zero-order valence-electron chi connectivity index (χ0n) is 15.8. The number of benzene rings is 1. The second-order valence-electron chi connectivity index (χ2n) is 8.23. The predicted molar refractivity (Wildman–Crippen MR) is 103 cm³/mol. The maximum absolute atomic E-state index is 13.3. The molecule has 0 radical (unpaired) electrons. The number of allylic oxidation sites excluding steroid dienone is 1. The Morgan fingerprint density at radius 1 is 1.19 bits per heavy atom. The van der Waals surface area contributed by atoms with Crippen LogP contribution >= 0.6 is 0 Å². The van der Waals surface area contributed by atoms with Crippen LogP contribution in [-0.2, 0) is 22.6 Å². The molecule has 3 aliphatic rings. The van der Waals surface area contributed by atoms with E-state index in [0.717, 1.165) is 42.9 Å². The molecule has 1 amide bonds. The van der Waals surface area contributed by atoms with Gasteiger partial charge in [0.2, 0.25) is 5.91 Å². The van der Waals surface area contributed by atoms with Crippen LogP contribution in [0.3, 0.4) is 0 Å². The van der Waals surface area contributed by atoms with Gasteiger partial charge in [0.25, 0.3) is 0 Å². The summed E-state index contributed by atoms with van der Waals surface area (Å²) < 4.78 is 6.28. The van der Waals surface area contributed by atoms with E-state index in [1.807, 2.05) is 17.0 Å². The van der Waals surface area contributed by atoms with Crippen LogP contribution in [0.15, 0.2) is 29.5 Å². The Kier molecular flexibility index (Phi) is 4.92. The lowest BCUT2D eigenvalue weighted by Gasteiger charge is -2.30. The number of hydrogen-bond acceptors (Lipinski definition) is 3. The summed E-state index contributed by atoms with van der Waals surface area (Å²) in [6.45, 7) is 4.22. The Morgan fingerprint density at radius 3 is 2.77 bits per heavy atom. The lowest BCUT2D eigenvalue weighted by molar-refractivity contribution is -0.136. The predicted octanol–water partition coefficient (Wildman–Crippen LogP) is 4.39. The molecule has 2 N–H and O–H groups in total. The Balaban J connectivity index is 1.47. The van der Waals surface area contributed by atoms with Gasteiger partial charge in [-0.2, -0.15) is 0 Å². The van der Waals surface area contributed by atoms with Gasteiger partial charge < -0.3 is 15.4 Å². The number of nitrogens with two attached hydrogens (primary N) is 1. The zero-order chi connectivity index (χ0) is 18.1. The summed E-state index contributed by atoms with van der Waals surface area (Å²) in [4.78, 5) is 15.3. The molecule has 1 aliphatic heterocycles. The minimum Gasteiger partial charge on any atom is -0.497 e. The van der Waals surface area contributed by atoms with E-state index in [0.29, 0.717) is 19.0 Å². The topological polar surface area (TPSA) is 55.6 Å². The summed E-state index contributed by atoms with van der Waals surface area (Å²) >= 11 is 0. The standard InChI is InChI=1S/C22H30N2O2/c1-15-6-4-10-18(21(15)26-14-16-7-2-3-8-16)22(25)24-12-17-9-5-11-20(23)19(17)13-24/h5,9,11,16,18H,2-4,6-8,10,12-14,23H2,1H3. The lowest BCUT2D eigenvalue weighted by Crippen LogP contribution is -2.35. The molecule has 1 atom stereocenters. The van der Waals surface area contributed by atoms with Gasteiger partial charge in [0.1, 0.15) is 5.76 Å². The Hall–Kier alpha value is -1.97. The highest BCUT2D eigenvalue weighted by molar-refractivity contribution is 5.82. The number of ether oxygens (including phenoxy) is 1. The van der Waals surface area contributed by atoms with Crippen molar-refractivity contribution in [3.8, 4) is 0 Å². The van der Waals surface area contributed by atoms with E-state index < -0.39 is 0 Å². The van der Waals surface area contributed by atoms with Crippen LogP contribution in [0.4, 0.5) is 5.69 Å². The third-order valence-corrected chi connectivity index (χ3v) is 6.36. The molecule has 4 heteroatoms. The molecular formula is C22H30N2O2. The van der Waals surface area contributed by atoms with Gasteiger partial charge in [-0.1, -0.05) is 25.0 Å². The van der Waals surface area contributed by atoms with Gasteiger partial charge in [0.15, 0.2) is 0 Å². The first-order valence-corrected chi connectivity index (χ1v) is 10.1. The molecule has 140 valence electrons. The number of rotatable bonds is 4. The first-order valence-electron chi connectivity index (χ1n) is 10.1. The Bertz CT molecular complexity index is 719. The van der Waals surface area contributed by atoms with Crippen molar-refractivity contribution in [3.05, 3.63) is 40.7 Å². The maximum Gasteiger partial charge on any atom is 0.233 e. The van der Waals surface area contributed by atoms with Crippen LogP contribution in [0.2, 0.25) is 0 Å². The van der Waals surface area contributed by atoms with Crippen LogP contribution in [0.1, 0.15) is 63.0 Å². The normalized spacial score (nSPS) is 23.4. The molecule has 1 saturated carbocycles. The van der Waals surface area contributed by atoms with Crippen LogP contribution in [0.5, 0.6) is 0 Å². The summed E-state index contributed by atoms with van der Waals surface area (Å²) in [7, 11) is 0. The molecule has 1 unspecified atom stereocenters. The maximum atomic E-state index is 13.3. The molecular weight excluding hydrogens is 324 g/mol. The molecule has 1 fully saturated rings. The van der Waals surface area contributed by atoms with E-state index in [2.05, 4.69) is 13.0 Å². The number of carbonyl (C=O) groups is 1. The van der Waals surface area contributed by atoms with Crippen molar-refractivity contribution >= 4 is 11.6 Å². The van der Waals surface area contributed by atoms with Crippen molar-refractivity contribution in [2.24, 2.45) is 11.8 Å². The zero-order valence-corrected chi connectivity index (χ0v) is 15.8. The average Bonchev–Trinajstić information content (AvgIpc) is 3.30. The van der Waals surface area contributed by atoms with Crippen molar-refractivity contribution in [1.82, 2.24) is 4.90 Å². The smallest absolute Gasteiger partial charge is 0.233 e. The monoisotopic (exact) mass is 354 g/mol. The number of nitrogen functional groups attached to an aromatic ring is 1. The van der Waals surface area contributed by atoms with Gasteiger partial charge in [-0.15, -0.1) is 0 Å². The Labute approximate surface area is 156 Å². The minimum absolute atomic E-state index is 0.110. The van der Waals surface area contributed by atoms with Crippen molar-refractivity contribution < 1.29 is 9.53 Å². The van der Waals surface area contributed by atoms with Gasteiger partial charge in [0.05, 0.1) is 12.5 Å². The third kappa shape index (κ3) is 3.34. The SMILES string of the molecule is CC1=C(OCC2CCCC2)C(C(=O)N2Cc3cccc(N)c3C2)CCC1. The van der Waals surface area contributed by atoms with Crippen molar-refractivity contribution in [3.63, 3.8) is 0 Å². The van der Waals surface area contributed by atoms with E-state index in [1.165, 1.54) is 36.8 Å². The average molecular weight is 354 g/mol. The van der Waals surface area contributed by atoms with Crippen LogP contribution in [0.25, 0.3) is 0 Å². The highest BCUT2D eigenvalue weighted by Gasteiger charge is 2.35. The van der Waals surface area contributed by atoms with E-state index in [4.69, 9.17) is 10.5 Å². The second-order valence-corrected chi connectivity index (χ2v) is 8.23. The molecule has 1 heterocycles. The van der Waals surface area contributed by atoms with Crippen molar-refractivity contribution in [1.29, 1.82) is 0 Å². The molecule has 1 aromatic carbocycles. The second kappa shape index (κ2) is 7.34. The van der Waals surface area contributed by atoms with E-state index in [1.54, 1.807) is 0 Å². The summed E-state index contributed by atoms with van der Waals surface area (Å²) in [5, 5.41) is 0. The molecule has 0 aromatic heterocycles. The van der Waals surface area contributed by atoms with Crippen LogP contribution in [0, 0.1) is 11.8 Å². The van der Waals surface area contributed by atoms with Crippen molar-refractivity contribution in [2.75, 3.05) is 12.3 Å². The molecule has 26 heavy (non-hydrogen) atoms. The quantitative estimate of drug-likeness (QED) is 0.816. The summed E-state index contributed by atoms with van der Waals surface area (Å²) in [5.74, 6) is 1.74. The van der Waals surface area contributed by atoms with E-state index in [-0.39, 0.29) is 11.8 Å². The molecule has 2 aliphatic carbocycles. The van der Waals surface area contributed by atoms with Crippen molar-refractivity contribution in [2.45, 2.75) is 65.0 Å². The first-order chi connectivity index (χ1) is 12.6. The van der Waals surface area contributed by atoms with Gasteiger partial charge in [-0.25, -0.2) is 0 Å². The lowest BCUT2D eigenvalue weighted by atomic mass is 9.88.